The van der Waals surface area contributed by atoms with Gasteiger partial charge in [-0.2, -0.15) is 17.5 Å². The van der Waals surface area contributed by atoms with Gasteiger partial charge in [0.2, 0.25) is 5.95 Å². The highest BCUT2D eigenvalue weighted by atomic mass is 32.1. The Morgan fingerprint density at radius 1 is 1.37 bits per heavy atom. The Morgan fingerprint density at radius 2 is 2.11 bits per heavy atom. The van der Waals surface area contributed by atoms with Crippen molar-refractivity contribution in [2.24, 2.45) is 0 Å². The summed E-state index contributed by atoms with van der Waals surface area (Å²) in [7, 11) is 0. The molecule has 0 bridgehead atoms. The largest absolute Gasteiger partial charge is 0.416 e. The molecule has 0 aliphatic rings. The lowest BCUT2D eigenvalue weighted by Crippen LogP contribution is -2.14. The van der Waals surface area contributed by atoms with Crippen molar-refractivity contribution in [1.82, 2.24) is 9.36 Å². The van der Waals surface area contributed by atoms with Crippen LogP contribution in [0.25, 0.3) is 0 Å². The molecule has 0 atom stereocenters. The van der Waals surface area contributed by atoms with Crippen molar-refractivity contribution in [3.8, 4) is 0 Å². The number of aryl methyl sites for hydroxylation is 1. The number of carbonyl (C=O) groups excluding carboxylic acids is 1. The molecule has 1 aromatic heterocycles. The zero-order valence-electron chi connectivity index (χ0n) is 9.65. The summed E-state index contributed by atoms with van der Waals surface area (Å²) in [5, 5.41) is 2.99. The van der Waals surface area contributed by atoms with Crippen molar-refractivity contribution in [2.75, 3.05) is 5.32 Å². The maximum Gasteiger partial charge on any atom is 0.416 e. The van der Waals surface area contributed by atoms with E-state index < -0.39 is 17.6 Å². The van der Waals surface area contributed by atoms with E-state index in [2.05, 4.69) is 14.7 Å². The summed E-state index contributed by atoms with van der Waals surface area (Å²) in [6, 6.07) is 4.16. The second-order valence-corrected chi connectivity index (χ2v) is 4.63. The average Bonchev–Trinajstić information content (AvgIpc) is 2.74. The van der Waals surface area contributed by atoms with Gasteiger partial charge in [-0.25, -0.2) is 4.98 Å². The van der Waals surface area contributed by atoms with Crippen molar-refractivity contribution in [2.45, 2.75) is 13.1 Å². The fraction of sp³-hybridized carbons (Fsp3) is 0.182. The second kappa shape index (κ2) is 4.96. The van der Waals surface area contributed by atoms with Gasteiger partial charge in [-0.15, -0.1) is 0 Å². The van der Waals surface area contributed by atoms with Crippen molar-refractivity contribution in [1.29, 1.82) is 0 Å². The quantitative estimate of drug-likeness (QED) is 0.923. The summed E-state index contributed by atoms with van der Waals surface area (Å²) in [4.78, 5) is 15.6. The molecule has 1 aromatic carbocycles. The van der Waals surface area contributed by atoms with Crippen molar-refractivity contribution in [3.05, 3.63) is 40.4 Å². The van der Waals surface area contributed by atoms with Gasteiger partial charge < -0.3 is 0 Å². The molecule has 1 amide bonds. The zero-order valence-corrected chi connectivity index (χ0v) is 10.5. The molecule has 0 aliphatic heterocycles. The van der Waals surface area contributed by atoms with Crippen LogP contribution in [0.4, 0.5) is 19.1 Å². The molecular weight excluding hydrogens is 279 g/mol. The van der Waals surface area contributed by atoms with Crippen molar-refractivity contribution < 1.29 is 18.0 Å². The Bertz CT molecular complexity index is 609. The minimum Gasteiger partial charge on any atom is -0.290 e. The van der Waals surface area contributed by atoms with Gasteiger partial charge in [0.25, 0.3) is 5.91 Å². The van der Waals surface area contributed by atoms with Gasteiger partial charge in [-0.05, 0) is 36.7 Å². The van der Waals surface area contributed by atoms with Gasteiger partial charge in [0.05, 0.1) is 5.56 Å². The van der Waals surface area contributed by atoms with Crippen molar-refractivity contribution in [3.63, 3.8) is 0 Å². The number of halogens is 3. The molecule has 0 unspecified atom stereocenters. The summed E-state index contributed by atoms with van der Waals surface area (Å²) < 4.78 is 41.3. The molecule has 0 radical (unpaired) electrons. The van der Waals surface area contributed by atoms with Crippen LogP contribution in [0.3, 0.4) is 0 Å². The third-order valence-electron chi connectivity index (χ3n) is 2.20. The van der Waals surface area contributed by atoms with Gasteiger partial charge in [0, 0.05) is 5.56 Å². The number of carbonyl (C=O) groups is 1. The van der Waals surface area contributed by atoms with E-state index in [9.17, 15) is 18.0 Å². The summed E-state index contributed by atoms with van der Waals surface area (Å²) in [6.07, 6.45) is -4.48. The Morgan fingerprint density at radius 3 is 2.68 bits per heavy atom. The molecule has 2 rings (SSSR count). The summed E-state index contributed by atoms with van der Waals surface area (Å²) in [5.74, 6) is -0.589. The number of rotatable bonds is 2. The molecule has 0 saturated heterocycles. The fourth-order valence-corrected chi connectivity index (χ4v) is 1.79. The Labute approximate surface area is 110 Å². The fourth-order valence-electron chi connectivity index (χ4n) is 1.36. The van der Waals surface area contributed by atoms with E-state index >= 15 is 0 Å². The van der Waals surface area contributed by atoms with Gasteiger partial charge in [-0.1, -0.05) is 6.07 Å². The lowest BCUT2D eigenvalue weighted by Gasteiger charge is -2.08. The molecular formula is C11H8F3N3OS. The second-order valence-electron chi connectivity index (χ2n) is 3.67. The van der Waals surface area contributed by atoms with Crippen LogP contribution in [0.5, 0.6) is 0 Å². The van der Waals surface area contributed by atoms with E-state index in [1.807, 2.05) is 0 Å². The third-order valence-corrected chi connectivity index (χ3v) is 2.82. The Kier molecular flexibility index (Phi) is 3.52. The lowest BCUT2D eigenvalue weighted by molar-refractivity contribution is -0.137. The number of hydrogen-bond donors (Lipinski definition) is 1. The number of nitrogens with one attached hydrogen (secondary N) is 1. The van der Waals surface area contributed by atoms with Gasteiger partial charge in [0.15, 0.2) is 0 Å². The van der Waals surface area contributed by atoms with Crippen LogP contribution in [0.15, 0.2) is 24.3 Å². The van der Waals surface area contributed by atoms with E-state index in [0.717, 1.165) is 23.7 Å². The van der Waals surface area contributed by atoms with Crippen LogP contribution >= 0.6 is 11.5 Å². The first-order valence-corrected chi connectivity index (χ1v) is 5.92. The number of aromatic nitrogens is 2. The number of nitrogens with zero attached hydrogens (tertiary/aromatic N) is 2. The van der Waals surface area contributed by atoms with E-state index in [-0.39, 0.29) is 11.5 Å². The highest BCUT2D eigenvalue weighted by molar-refractivity contribution is 7.05. The standard InChI is InChI=1S/C11H8F3N3OS/c1-6-15-10(17-19-6)16-9(18)7-3-2-4-8(5-7)11(12,13)14/h2-5H,1H3,(H,16,17,18). The summed E-state index contributed by atoms with van der Waals surface area (Å²) >= 11 is 1.09. The Balaban J connectivity index is 2.20. The van der Waals surface area contributed by atoms with Crippen LogP contribution in [0.2, 0.25) is 0 Å². The number of alkyl halides is 3. The number of benzene rings is 1. The molecule has 0 fully saturated rings. The molecule has 19 heavy (non-hydrogen) atoms. The van der Waals surface area contributed by atoms with E-state index in [1.54, 1.807) is 6.92 Å². The summed E-state index contributed by atoms with van der Waals surface area (Å²) in [5.41, 5.74) is -0.968. The van der Waals surface area contributed by atoms with E-state index in [4.69, 9.17) is 0 Å². The number of amides is 1. The monoisotopic (exact) mass is 287 g/mol. The molecule has 8 heteroatoms. The van der Waals surface area contributed by atoms with Crippen LogP contribution in [0, 0.1) is 6.92 Å². The first kappa shape index (κ1) is 13.5. The molecule has 0 saturated carbocycles. The minimum absolute atomic E-state index is 0.0879. The predicted molar refractivity (Wildman–Crippen MR) is 64.0 cm³/mol. The SMILES string of the molecule is Cc1nc(NC(=O)c2cccc(C(F)(F)F)c2)ns1. The highest BCUT2D eigenvalue weighted by Gasteiger charge is 2.30. The van der Waals surface area contributed by atoms with Gasteiger partial charge in [0.1, 0.15) is 5.01 Å². The van der Waals surface area contributed by atoms with E-state index in [1.165, 1.54) is 12.1 Å². The highest BCUT2D eigenvalue weighted by Crippen LogP contribution is 2.29. The van der Waals surface area contributed by atoms with Crippen LogP contribution in [-0.2, 0) is 6.18 Å². The molecule has 100 valence electrons. The normalized spacial score (nSPS) is 11.4. The Hall–Kier alpha value is -1.96. The topological polar surface area (TPSA) is 54.9 Å². The van der Waals surface area contributed by atoms with Crippen LogP contribution < -0.4 is 5.32 Å². The molecule has 0 spiro atoms. The van der Waals surface area contributed by atoms with Crippen LogP contribution in [0.1, 0.15) is 20.9 Å². The lowest BCUT2D eigenvalue weighted by atomic mass is 10.1. The maximum absolute atomic E-state index is 12.5. The molecule has 0 aliphatic carbocycles. The predicted octanol–water partition coefficient (Wildman–Crippen LogP) is 3.12. The molecule has 1 heterocycles. The number of hydrogen-bond acceptors (Lipinski definition) is 4. The third kappa shape index (κ3) is 3.28. The summed E-state index contributed by atoms with van der Waals surface area (Å²) in [6.45, 7) is 1.71. The number of anilines is 1. The van der Waals surface area contributed by atoms with Crippen LogP contribution in [-0.4, -0.2) is 15.3 Å². The molecule has 4 nitrogen and oxygen atoms in total. The van der Waals surface area contributed by atoms with Gasteiger partial charge in [-0.3, -0.25) is 10.1 Å². The molecule has 2 aromatic rings. The smallest absolute Gasteiger partial charge is 0.290 e. The maximum atomic E-state index is 12.5. The minimum atomic E-state index is -4.48. The van der Waals surface area contributed by atoms with E-state index in [0.29, 0.717) is 5.01 Å². The van der Waals surface area contributed by atoms with Crippen molar-refractivity contribution >= 4 is 23.4 Å². The first-order valence-electron chi connectivity index (χ1n) is 5.15. The van der Waals surface area contributed by atoms with Gasteiger partial charge >= 0.3 is 6.18 Å². The first-order chi connectivity index (χ1) is 8.86. The average molecular weight is 287 g/mol. The zero-order chi connectivity index (χ0) is 14.0. The molecule has 1 N–H and O–H groups in total.